The van der Waals surface area contributed by atoms with Gasteiger partial charge in [-0.15, -0.1) is 11.3 Å². The van der Waals surface area contributed by atoms with Crippen LogP contribution in [0.15, 0.2) is 63.9 Å². The number of hydrogen-bond acceptors (Lipinski definition) is 5. The van der Waals surface area contributed by atoms with E-state index >= 15 is 0 Å². The Kier molecular flexibility index (Phi) is 6.46. The van der Waals surface area contributed by atoms with Crippen molar-refractivity contribution in [3.63, 3.8) is 0 Å². The van der Waals surface area contributed by atoms with Crippen molar-refractivity contribution in [1.82, 2.24) is 9.55 Å². The number of hydrogen-bond donors (Lipinski definition) is 1. The monoisotopic (exact) mass is 469 g/mol. The van der Waals surface area contributed by atoms with Crippen molar-refractivity contribution in [3.8, 4) is 11.1 Å². The molecule has 0 saturated carbocycles. The molecule has 0 aliphatic carbocycles. The van der Waals surface area contributed by atoms with E-state index in [2.05, 4.69) is 5.32 Å². The Bertz CT molecular complexity index is 1320. The number of nitrogens with zero attached hydrogens (tertiary/aromatic N) is 2. The highest BCUT2D eigenvalue weighted by Crippen LogP contribution is 2.32. The maximum atomic E-state index is 13.0. The molecule has 1 amide bonds. The Morgan fingerprint density at radius 1 is 1.23 bits per heavy atom. The smallest absolute Gasteiger partial charge is 0.272 e. The number of halogens is 1. The second-order valence-electron chi connectivity index (χ2n) is 6.94. The minimum absolute atomic E-state index is 0.0760. The molecule has 158 valence electrons. The normalized spacial score (nSPS) is 11.1. The van der Waals surface area contributed by atoms with Crippen LogP contribution in [-0.4, -0.2) is 21.2 Å². The first-order chi connectivity index (χ1) is 15.0. The lowest BCUT2D eigenvalue weighted by molar-refractivity contribution is -0.113. The lowest BCUT2D eigenvalue weighted by atomic mass is 10.1. The van der Waals surface area contributed by atoms with Crippen LogP contribution in [-0.2, 0) is 11.3 Å². The van der Waals surface area contributed by atoms with Gasteiger partial charge < -0.3 is 5.32 Å². The molecular weight excluding hydrogens is 450 g/mol. The van der Waals surface area contributed by atoms with Crippen LogP contribution >= 0.6 is 34.7 Å². The first-order valence-electron chi connectivity index (χ1n) is 9.74. The first-order valence-corrected chi connectivity index (χ1v) is 12.0. The van der Waals surface area contributed by atoms with Crippen LogP contribution in [0.5, 0.6) is 0 Å². The number of nitrogens with one attached hydrogen (secondary N) is 1. The van der Waals surface area contributed by atoms with Crippen LogP contribution < -0.4 is 10.9 Å². The van der Waals surface area contributed by atoms with Crippen LogP contribution in [0.4, 0.5) is 5.69 Å². The molecular formula is C23H20ClN3O2S2. The lowest BCUT2D eigenvalue weighted by Gasteiger charge is -2.11. The summed E-state index contributed by atoms with van der Waals surface area (Å²) in [4.78, 5) is 30.3. The molecule has 8 heteroatoms. The lowest BCUT2D eigenvalue weighted by Crippen LogP contribution is -2.22. The fourth-order valence-electron chi connectivity index (χ4n) is 3.19. The summed E-state index contributed by atoms with van der Waals surface area (Å²) in [6.45, 7) is 4.29. The van der Waals surface area contributed by atoms with Crippen LogP contribution in [0.3, 0.4) is 0 Å². The molecule has 2 aromatic carbocycles. The molecule has 0 aliphatic rings. The second-order valence-corrected chi connectivity index (χ2v) is 9.17. The Morgan fingerprint density at radius 3 is 2.71 bits per heavy atom. The van der Waals surface area contributed by atoms with E-state index in [0.717, 1.165) is 16.7 Å². The summed E-state index contributed by atoms with van der Waals surface area (Å²) in [7, 11) is 0. The van der Waals surface area contributed by atoms with Gasteiger partial charge in [0, 0.05) is 28.2 Å². The second kappa shape index (κ2) is 9.26. The summed E-state index contributed by atoms with van der Waals surface area (Å²) < 4.78 is 2.25. The standard InChI is InChI=1S/C23H20ClN3O2S2/c1-3-27-22(29)21-20(17(12-30-21)15-7-5-4-6-8-15)26-23(27)31-13-19(28)25-16-10-9-14(2)18(24)11-16/h4-12H,3,13H2,1-2H3,(H,25,28). The number of rotatable bonds is 6. The molecule has 0 atom stereocenters. The molecule has 0 saturated heterocycles. The van der Waals surface area contributed by atoms with Gasteiger partial charge in [0.05, 0.1) is 11.3 Å². The van der Waals surface area contributed by atoms with Gasteiger partial charge in [-0.25, -0.2) is 4.98 Å². The number of anilines is 1. The van der Waals surface area contributed by atoms with Crippen molar-refractivity contribution >= 4 is 56.5 Å². The third-order valence-electron chi connectivity index (χ3n) is 4.83. The SMILES string of the molecule is CCn1c(SCC(=O)Nc2ccc(C)c(Cl)c2)nc2c(-c3ccccc3)csc2c1=O. The van der Waals surface area contributed by atoms with E-state index in [1.165, 1.54) is 23.1 Å². The molecule has 2 heterocycles. The number of carbonyl (C=O) groups excluding carboxylic acids is 1. The van der Waals surface area contributed by atoms with Crippen LogP contribution in [0, 0.1) is 6.92 Å². The Balaban J connectivity index is 1.61. The molecule has 0 unspecified atom stereocenters. The molecule has 0 fully saturated rings. The van der Waals surface area contributed by atoms with Crippen LogP contribution in [0.2, 0.25) is 5.02 Å². The van der Waals surface area contributed by atoms with E-state index in [1.54, 1.807) is 10.6 Å². The number of carbonyl (C=O) groups is 1. The van der Waals surface area contributed by atoms with E-state index in [-0.39, 0.29) is 17.2 Å². The number of amides is 1. The van der Waals surface area contributed by atoms with E-state index in [4.69, 9.17) is 16.6 Å². The zero-order valence-corrected chi connectivity index (χ0v) is 19.4. The van der Waals surface area contributed by atoms with Gasteiger partial charge in [0.1, 0.15) is 4.70 Å². The minimum Gasteiger partial charge on any atom is -0.325 e. The van der Waals surface area contributed by atoms with Crippen molar-refractivity contribution in [2.45, 2.75) is 25.5 Å². The predicted octanol–water partition coefficient (Wildman–Crippen LogP) is 5.84. The summed E-state index contributed by atoms with van der Waals surface area (Å²) in [5.41, 5.74) is 4.14. The van der Waals surface area contributed by atoms with Gasteiger partial charge in [-0.2, -0.15) is 0 Å². The van der Waals surface area contributed by atoms with Crippen molar-refractivity contribution in [2.75, 3.05) is 11.1 Å². The molecule has 0 aliphatic heterocycles. The Hall–Kier alpha value is -2.61. The highest BCUT2D eigenvalue weighted by molar-refractivity contribution is 7.99. The molecule has 31 heavy (non-hydrogen) atoms. The average Bonchev–Trinajstić information content (AvgIpc) is 3.20. The fourth-order valence-corrected chi connectivity index (χ4v) is 5.19. The molecule has 4 aromatic rings. The van der Waals surface area contributed by atoms with Crippen molar-refractivity contribution in [1.29, 1.82) is 0 Å². The van der Waals surface area contributed by atoms with Crippen molar-refractivity contribution < 1.29 is 4.79 Å². The first kappa shape index (κ1) is 21.6. The Morgan fingerprint density at radius 2 is 2.00 bits per heavy atom. The summed E-state index contributed by atoms with van der Waals surface area (Å²) in [6, 6.07) is 15.3. The molecule has 2 aromatic heterocycles. The van der Waals surface area contributed by atoms with Gasteiger partial charge in [-0.3, -0.25) is 14.2 Å². The van der Waals surface area contributed by atoms with Gasteiger partial charge in [-0.05, 0) is 37.1 Å². The predicted molar refractivity (Wildman–Crippen MR) is 131 cm³/mol. The third-order valence-corrected chi connectivity index (χ3v) is 7.17. The van der Waals surface area contributed by atoms with Gasteiger partial charge in [0.25, 0.3) is 5.56 Å². The minimum atomic E-state index is -0.185. The molecule has 0 radical (unpaired) electrons. The zero-order chi connectivity index (χ0) is 22.0. The molecule has 0 spiro atoms. The van der Waals surface area contributed by atoms with Gasteiger partial charge >= 0.3 is 0 Å². The number of thioether (sulfide) groups is 1. The quantitative estimate of drug-likeness (QED) is 0.284. The molecule has 0 bridgehead atoms. The largest absolute Gasteiger partial charge is 0.325 e. The highest BCUT2D eigenvalue weighted by atomic mass is 35.5. The summed E-state index contributed by atoms with van der Waals surface area (Å²) >= 11 is 8.79. The fraction of sp³-hybridized carbons (Fsp3) is 0.174. The zero-order valence-electron chi connectivity index (χ0n) is 17.0. The summed E-state index contributed by atoms with van der Waals surface area (Å²) in [5.74, 6) is -0.0515. The van der Waals surface area contributed by atoms with Gasteiger partial charge in [0.15, 0.2) is 5.16 Å². The number of thiophene rings is 1. The van der Waals surface area contributed by atoms with E-state index in [1.807, 2.05) is 61.7 Å². The van der Waals surface area contributed by atoms with Crippen molar-refractivity contribution in [2.24, 2.45) is 0 Å². The average molecular weight is 470 g/mol. The summed E-state index contributed by atoms with van der Waals surface area (Å²) in [6.07, 6.45) is 0. The van der Waals surface area contributed by atoms with Gasteiger partial charge in [-0.1, -0.05) is 59.8 Å². The van der Waals surface area contributed by atoms with E-state index in [9.17, 15) is 9.59 Å². The van der Waals surface area contributed by atoms with Gasteiger partial charge in [0.2, 0.25) is 5.91 Å². The number of aromatic nitrogens is 2. The van der Waals surface area contributed by atoms with E-state index < -0.39 is 0 Å². The van der Waals surface area contributed by atoms with Crippen LogP contribution in [0.1, 0.15) is 12.5 Å². The topological polar surface area (TPSA) is 64.0 Å². The number of benzene rings is 2. The maximum absolute atomic E-state index is 13.0. The maximum Gasteiger partial charge on any atom is 0.272 e. The molecule has 1 N–H and O–H groups in total. The number of fused-ring (bicyclic) bond motifs is 1. The van der Waals surface area contributed by atoms with Crippen LogP contribution in [0.25, 0.3) is 21.3 Å². The highest BCUT2D eigenvalue weighted by Gasteiger charge is 2.17. The van der Waals surface area contributed by atoms with Crippen molar-refractivity contribution in [3.05, 3.63) is 74.9 Å². The third kappa shape index (κ3) is 4.54. The van der Waals surface area contributed by atoms with E-state index in [0.29, 0.717) is 32.6 Å². The summed E-state index contributed by atoms with van der Waals surface area (Å²) in [5, 5.41) is 5.95. The molecule has 4 rings (SSSR count). The number of aryl methyl sites for hydroxylation is 1. The Labute approximate surface area is 193 Å². The molecule has 5 nitrogen and oxygen atoms in total.